The van der Waals surface area contributed by atoms with Gasteiger partial charge in [0.25, 0.3) is 0 Å². The van der Waals surface area contributed by atoms with Gasteiger partial charge in [0.15, 0.2) is 0 Å². The van der Waals surface area contributed by atoms with Crippen molar-refractivity contribution in [3.8, 4) is 6.07 Å². The number of benzene rings is 2. The summed E-state index contributed by atoms with van der Waals surface area (Å²) in [6, 6.07) is 17.8. The van der Waals surface area contributed by atoms with Crippen LogP contribution >= 0.6 is 23.4 Å². The Hall–Kier alpha value is -1.43. The van der Waals surface area contributed by atoms with Crippen molar-refractivity contribution < 1.29 is 0 Å². The lowest BCUT2D eigenvalue weighted by Crippen LogP contribution is -1.83. The van der Waals surface area contributed by atoms with Gasteiger partial charge in [-0.25, -0.2) is 0 Å². The first-order valence-electron chi connectivity index (χ1n) is 5.16. The molecule has 0 heterocycles. The summed E-state index contributed by atoms with van der Waals surface area (Å²) in [7, 11) is 0. The van der Waals surface area contributed by atoms with Crippen LogP contribution < -0.4 is 0 Å². The molecule has 0 fully saturated rings. The summed E-state index contributed by atoms with van der Waals surface area (Å²) >= 11 is 7.50. The molecule has 0 aromatic heterocycles. The monoisotopic (exact) mass is 259 g/mol. The van der Waals surface area contributed by atoms with Crippen LogP contribution in [-0.2, 0) is 5.75 Å². The molecule has 1 nitrogen and oxygen atoms in total. The summed E-state index contributed by atoms with van der Waals surface area (Å²) in [6.45, 7) is 0. The van der Waals surface area contributed by atoms with E-state index in [1.54, 1.807) is 17.8 Å². The number of halogens is 1. The molecule has 0 aliphatic rings. The van der Waals surface area contributed by atoms with Crippen LogP contribution in [0.15, 0.2) is 53.4 Å². The topological polar surface area (TPSA) is 23.8 Å². The third-order valence-electron chi connectivity index (χ3n) is 2.30. The Kier molecular flexibility index (Phi) is 4.08. The predicted molar refractivity (Wildman–Crippen MR) is 72.2 cm³/mol. The molecule has 2 rings (SSSR count). The maximum Gasteiger partial charge on any atom is 0.100 e. The van der Waals surface area contributed by atoms with Crippen molar-refractivity contribution in [1.29, 1.82) is 5.26 Å². The van der Waals surface area contributed by atoms with E-state index in [2.05, 4.69) is 18.2 Å². The van der Waals surface area contributed by atoms with Crippen LogP contribution in [0.1, 0.15) is 11.1 Å². The Morgan fingerprint density at radius 3 is 2.59 bits per heavy atom. The molecule has 0 saturated carbocycles. The Morgan fingerprint density at radius 2 is 1.88 bits per heavy atom. The van der Waals surface area contributed by atoms with E-state index in [-0.39, 0.29) is 0 Å². The van der Waals surface area contributed by atoms with Crippen LogP contribution in [0.2, 0.25) is 5.02 Å². The minimum Gasteiger partial charge on any atom is -0.192 e. The van der Waals surface area contributed by atoms with Gasteiger partial charge in [0.1, 0.15) is 6.07 Å². The standard InChI is InChI=1S/C14H10ClNS/c15-13-6-7-14(12(8-13)9-16)17-10-11-4-2-1-3-5-11/h1-8H,10H2. The van der Waals surface area contributed by atoms with Gasteiger partial charge >= 0.3 is 0 Å². The van der Waals surface area contributed by atoms with Gasteiger partial charge in [-0.3, -0.25) is 0 Å². The Morgan fingerprint density at radius 1 is 1.12 bits per heavy atom. The summed E-state index contributed by atoms with van der Waals surface area (Å²) in [5.74, 6) is 0.858. The summed E-state index contributed by atoms with van der Waals surface area (Å²) in [4.78, 5) is 0.973. The highest BCUT2D eigenvalue weighted by molar-refractivity contribution is 7.98. The van der Waals surface area contributed by atoms with E-state index in [0.29, 0.717) is 10.6 Å². The Labute approximate surface area is 110 Å². The first kappa shape index (κ1) is 12.0. The van der Waals surface area contributed by atoms with Crippen molar-refractivity contribution in [2.45, 2.75) is 10.6 Å². The fourth-order valence-corrected chi connectivity index (χ4v) is 2.56. The number of rotatable bonds is 3. The SMILES string of the molecule is N#Cc1cc(Cl)ccc1SCc1ccccc1. The molecule has 84 valence electrons. The molecule has 0 saturated heterocycles. The van der Waals surface area contributed by atoms with Crippen molar-refractivity contribution in [1.82, 2.24) is 0 Å². The largest absolute Gasteiger partial charge is 0.192 e. The van der Waals surface area contributed by atoms with Crippen LogP contribution in [0.3, 0.4) is 0 Å². The van der Waals surface area contributed by atoms with Crippen LogP contribution in [0, 0.1) is 11.3 Å². The summed E-state index contributed by atoms with van der Waals surface area (Å²) in [5, 5.41) is 9.62. The zero-order chi connectivity index (χ0) is 12.1. The van der Waals surface area contributed by atoms with Crippen LogP contribution in [0.25, 0.3) is 0 Å². The summed E-state index contributed by atoms with van der Waals surface area (Å²) < 4.78 is 0. The first-order valence-corrected chi connectivity index (χ1v) is 6.52. The van der Waals surface area contributed by atoms with E-state index in [4.69, 9.17) is 16.9 Å². The second kappa shape index (κ2) is 5.77. The van der Waals surface area contributed by atoms with Gasteiger partial charge in [0.2, 0.25) is 0 Å². The molecule has 0 spiro atoms. The molecule has 0 aliphatic carbocycles. The molecular weight excluding hydrogens is 250 g/mol. The highest BCUT2D eigenvalue weighted by atomic mass is 35.5. The lowest BCUT2D eigenvalue weighted by Gasteiger charge is -2.04. The molecule has 0 N–H and O–H groups in total. The number of nitrogens with zero attached hydrogens (tertiary/aromatic N) is 1. The summed E-state index contributed by atoms with van der Waals surface area (Å²) in [5.41, 5.74) is 1.88. The maximum absolute atomic E-state index is 9.02. The van der Waals surface area contributed by atoms with Gasteiger partial charge in [-0.05, 0) is 23.8 Å². The number of thioether (sulfide) groups is 1. The minimum atomic E-state index is 0.602. The molecule has 0 aliphatic heterocycles. The molecule has 3 heteroatoms. The Bertz CT molecular complexity index is 546. The third-order valence-corrected chi connectivity index (χ3v) is 3.68. The number of hydrogen-bond donors (Lipinski definition) is 0. The minimum absolute atomic E-state index is 0.602. The molecule has 0 radical (unpaired) electrons. The maximum atomic E-state index is 9.02. The van der Waals surface area contributed by atoms with Gasteiger partial charge in [0, 0.05) is 15.7 Å². The highest BCUT2D eigenvalue weighted by Gasteiger charge is 2.03. The van der Waals surface area contributed by atoms with Gasteiger partial charge < -0.3 is 0 Å². The van der Waals surface area contributed by atoms with Gasteiger partial charge in [0.05, 0.1) is 5.56 Å². The van der Waals surface area contributed by atoms with Crippen molar-refractivity contribution in [2.75, 3.05) is 0 Å². The van der Waals surface area contributed by atoms with Crippen LogP contribution in [0.4, 0.5) is 0 Å². The third kappa shape index (κ3) is 3.26. The van der Waals surface area contributed by atoms with E-state index in [9.17, 15) is 0 Å². The number of nitriles is 1. The van der Waals surface area contributed by atoms with Crippen molar-refractivity contribution in [2.24, 2.45) is 0 Å². The summed E-state index contributed by atoms with van der Waals surface area (Å²) in [6.07, 6.45) is 0. The predicted octanol–water partition coefficient (Wildman–Crippen LogP) is 4.50. The quantitative estimate of drug-likeness (QED) is 0.758. The van der Waals surface area contributed by atoms with Gasteiger partial charge in [-0.1, -0.05) is 41.9 Å². The smallest absolute Gasteiger partial charge is 0.100 e. The van der Waals surface area contributed by atoms with E-state index >= 15 is 0 Å². The zero-order valence-corrected chi connectivity index (χ0v) is 10.6. The van der Waals surface area contributed by atoms with Crippen LogP contribution in [0.5, 0.6) is 0 Å². The molecule has 0 bridgehead atoms. The fraction of sp³-hybridized carbons (Fsp3) is 0.0714. The van der Waals surface area contributed by atoms with Gasteiger partial charge in [-0.2, -0.15) is 5.26 Å². The zero-order valence-electron chi connectivity index (χ0n) is 9.06. The number of hydrogen-bond acceptors (Lipinski definition) is 2. The lowest BCUT2D eigenvalue weighted by atomic mass is 10.2. The van der Waals surface area contributed by atoms with E-state index in [1.807, 2.05) is 30.3 Å². The highest BCUT2D eigenvalue weighted by Crippen LogP contribution is 2.27. The fourth-order valence-electron chi connectivity index (χ4n) is 1.45. The van der Waals surface area contributed by atoms with E-state index in [0.717, 1.165) is 10.6 Å². The van der Waals surface area contributed by atoms with E-state index < -0.39 is 0 Å². The molecule has 17 heavy (non-hydrogen) atoms. The molecule has 0 unspecified atom stereocenters. The average molecular weight is 260 g/mol. The molecule has 0 atom stereocenters. The first-order chi connectivity index (χ1) is 8.29. The second-order valence-electron chi connectivity index (χ2n) is 3.53. The molecule has 0 amide bonds. The van der Waals surface area contributed by atoms with Gasteiger partial charge in [-0.15, -0.1) is 11.8 Å². The lowest BCUT2D eigenvalue weighted by molar-refractivity contribution is 1.34. The molecule has 2 aromatic carbocycles. The van der Waals surface area contributed by atoms with Crippen LogP contribution in [-0.4, -0.2) is 0 Å². The molecule has 2 aromatic rings. The van der Waals surface area contributed by atoms with Crippen molar-refractivity contribution >= 4 is 23.4 Å². The molecular formula is C14H10ClNS. The second-order valence-corrected chi connectivity index (χ2v) is 4.98. The average Bonchev–Trinajstić information content (AvgIpc) is 2.38. The van der Waals surface area contributed by atoms with E-state index in [1.165, 1.54) is 5.56 Å². The van der Waals surface area contributed by atoms with Crippen molar-refractivity contribution in [3.63, 3.8) is 0 Å². The Balaban J connectivity index is 2.12. The normalized spacial score (nSPS) is 9.88. The van der Waals surface area contributed by atoms with Crippen molar-refractivity contribution in [3.05, 3.63) is 64.7 Å².